The van der Waals surface area contributed by atoms with Crippen molar-refractivity contribution in [2.45, 2.75) is 19.9 Å². The van der Waals surface area contributed by atoms with Gasteiger partial charge in [0.2, 0.25) is 0 Å². The minimum atomic E-state index is 0.803. The summed E-state index contributed by atoms with van der Waals surface area (Å²) >= 11 is 3.90. The van der Waals surface area contributed by atoms with Crippen LogP contribution in [-0.4, -0.2) is 25.7 Å². The zero-order valence-electron chi connectivity index (χ0n) is 10.5. The molecular weight excluding hydrogens is 373 g/mol. The minimum absolute atomic E-state index is 0.803. The molecule has 0 atom stereocenters. The van der Waals surface area contributed by atoms with Gasteiger partial charge in [-0.25, -0.2) is 4.68 Å². The summed E-state index contributed by atoms with van der Waals surface area (Å²) in [6.07, 6.45) is 7.03. The lowest BCUT2D eigenvalue weighted by molar-refractivity contribution is 0.655. The third kappa shape index (κ3) is 2.54. The lowest BCUT2D eigenvalue weighted by Gasteiger charge is -2.05. The van der Waals surface area contributed by atoms with Gasteiger partial charge in [-0.3, -0.25) is 4.40 Å². The van der Waals surface area contributed by atoms with Crippen LogP contribution >= 0.6 is 33.9 Å². The standard InChI is InChI=1S/C12H14IN5S/c1-2-3-14-7-10-11(18-8-9(13)6-15-18)16-12-17(10)4-5-19-12/h4-6,8,14H,2-3,7H2,1H3. The van der Waals surface area contributed by atoms with Gasteiger partial charge in [0.15, 0.2) is 10.8 Å². The number of rotatable bonds is 5. The molecule has 0 saturated heterocycles. The van der Waals surface area contributed by atoms with Crippen molar-refractivity contribution in [3.8, 4) is 5.82 Å². The first-order valence-electron chi connectivity index (χ1n) is 6.15. The monoisotopic (exact) mass is 387 g/mol. The van der Waals surface area contributed by atoms with Crippen LogP contribution in [0.4, 0.5) is 0 Å². The molecule has 0 aliphatic carbocycles. The molecule has 3 aromatic heterocycles. The average molecular weight is 387 g/mol. The van der Waals surface area contributed by atoms with Crippen molar-refractivity contribution in [2.24, 2.45) is 0 Å². The van der Waals surface area contributed by atoms with Crippen molar-refractivity contribution in [1.29, 1.82) is 0 Å². The summed E-state index contributed by atoms with van der Waals surface area (Å²) in [4.78, 5) is 5.68. The molecule has 3 heterocycles. The molecule has 3 rings (SSSR count). The van der Waals surface area contributed by atoms with Gasteiger partial charge in [-0.05, 0) is 35.6 Å². The Balaban J connectivity index is 2.02. The Morgan fingerprint density at radius 3 is 3.11 bits per heavy atom. The Morgan fingerprint density at radius 2 is 2.37 bits per heavy atom. The number of nitrogens with zero attached hydrogens (tertiary/aromatic N) is 4. The average Bonchev–Trinajstić information content (AvgIpc) is 3.06. The molecule has 0 bridgehead atoms. The molecule has 0 amide bonds. The maximum Gasteiger partial charge on any atom is 0.196 e. The Kier molecular flexibility index (Phi) is 3.85. The summed E-state index contributed by atoms with van der Waals surface area (Å²) in [6.45, 7) is 3.98. The fraction of sp³-hybridized carbons (Fsp3) is 0.333. The molecule has 0 aromatic carbocycles. The van der Waals surface area contributed by atoms with Crippen LogP contribution in [-0.2, 0) is 6.54 Å². The van der Waals surface area contributed by atoms with Gasteiger partial charge >= 0.3 is 0 Å². The predicted octanol–water partition coefficient (Wildman–Crippen LogP) is 2.69. The maximum atomic E-state index is 4.67. The maximum absolute atomic E-state index is 4.67. The topological polar surface area (TPSA) is 47.2 Å². The highest BCUT2D eigenvalue weighted by Gasteiger charge is 2.15. The SMILES string of the molecule is CCCNCc1c(-n2cc(I)cn2)nc2sccn12. The number of hydrogen-bond acceptors (Lipinski definition) is 4. The fourth-order valence-electron chi connectivity index (χ4n) is 1.97. The summed E-state index contributed by atoms with van der Waals surface area (Å²) < 4.78 is 5.10. The summed E-state index contributed by atoms with van der Waals surface area (Å²) in [7, 11) is 0. The Bertz CT molecular complexity index is 683. The zero-order chi connectivity index (χ0) is 13.2. The first-order valence-corrected chi connectivity index (χ1v) is 8.11. The predicted molar refractivity (Wildman–Crippen MR) is 84.9 cm³/mol. The molecule has 7 heteroatoms. The second-order valence-electron chi connectivity index (χ2n) is 4.22. The van der Waals surface area contributed by atoms with E-state index in [1.807, 2.05) is 17.1 Å². The molecule has 0 unspecified atom stereocenters. The van der Waals surface area contributed by atoms with E-state index in [0.29, 0.717) is 0 Å². The summed E-state index contributed by atoms with van der Waals surface area (Å²) in [6, 6.07) is 0. The Morgan fingerprint density at radius 1 is 1.47 bits per heavy atom. The molecule has 0 aliphatic heterocycles. The highest BCUT2D eigenvalue weighted by Crippen LogP contribution is 2.20. The third-order valence-corrected chi connectivity index (χ3v) is 4.14. The second-order valence-corrected chi connectivity index (χ2v) is 6.34. The van der Waals surface area contributed by atoms with Gasteiger partial charge in [-0.15, -0.1) is 11.3 Å². The van der Waals surface area contributed by atoms with Crippen LogP contribution in [0, 0.1) is 3.57 Å². The van der Waals surface area contributed by atoms with Gasteiger partial charge in [0.25, 0.3) is 0 Å². The third-order valence-electron chi connectivity index (χ3n) is 2.83. The van der Waals surface area contributed by atoms with E-state index in [4.69, 9.17) is 0 Å². The molecule has 0 saturated carbocycles. The number of fused-ring (bicyclic) bond motifs is 1. The van der Waals surface area contributed by atoms with Crippen LogP contribution in [0.25, 0.3) is 10.8 Å². The highest BCUT2D eigenvalue weighted by atomic mass is 127. The Labute approximate surface area is 128 Å². The molecule has 100 valence electrons. The van der Waals surface area contributed by atoms with Crippen LogP contribution in [0.1, 0.15) is 19.0 Å². The lowest BCUT2D eigenvalue weighted by Crippen LogP contribution is -2.16. The second kappa shape index (κ2) is 5.59. The van der Waals surface area contributed by atoms with Gasteiger partial charge in [0, 0.05) is 24.3 Å². The van der Waals surface area contributed by atoms with Crippen molar-refractivity contribution in [3.05, 3.63) is 33.2 Å². The van der Waals surface area contributed by atoms with E-state index in [-0.39, 0.29) is 0 Å². The summed E-state index contributed by atoms with van der Waals surface area (Å²) in [5.74, 6) is 0.915. The zero-order valence-corrected chi connectivity index (χ0v) is 13.5. The van der Waals surface area contributed by atoms with E-state index in [9.17, 15) is 0 Å². The van der Waals surface area contributed by atoms with Gasteiger partial charge in [-0.1, -0.05) is 6.92 Å². The van der Waals surface area contributed by atoms with Crippen LogP contribution in [0.15, 0.2) is 24.0 Å². The van der Waals surface area contributed by atoms with Gasteiger partial charge < -0.3 is 5.32 Å². The minimum Gasteiger partial charge on any atom is -0.311 e. The van der Waals surface area contributed by atoms with E-state index < -0.39 is 0 Å². The quantitative estimate of drug-likeness (QED) is 0.541. The van der Waals surface area contributed by atoms with Gasteiger partial charge in [0.05, 0.1) is 15.5 Å². The number of halogens is 1. The van der Waals surface area contributed by atoms with Crippen LogP contribution in [0.2, 0.25) is 0 Å². The largest absolute Gasteiger partial charge is 0.311 e. The molecule has 0 spiro atoms. The van der Waals surface area contributed by atoms with Crippen molar-refractivity contribution in [3.63, 3.8) is 0 Å². The summed E-state index contributed by atoms with van der Waals surface area (Å²) in [5.41, 5.74) is 1.16. The Hall–Kier alpha value is -0.930. The number of nitrogens with one attached hydrogen (secondary N) is 1. The molecule has 19 heavy (non-hydrogen) atoms. The first kappa shape index (κ1) is 13.1. The molecule has 0 aliphatic rings. The van der Waals surface area contributed by atoms with E-state index >= 15 is 0 Å². The molecular formula is C12H14IN5S. The van der Waals surface area contributed by atoms with E-state index in [1.54, 1.807) is 11.3 Å². The van der Waals surface area contributed by atoms with E-state index in [2.05, 4.69) is 60.9 Å². The lowest BCUT2D eigenvalue weighted by atomic mass is 10.4. The van der Waals surface area contributed by atoms with Gasteiger partial charge in [0.1, 0.15) is 0 Å². The van der Waals surface area contributed by atoms with Crippen molar-refractivity contribution in [2.75, 3.05) is 6.54 Å². The first-order chi connectivity index (χ1) is 9.29. The van der Waals surface area contributed by atoms with Crippen molar-refractivity contribution in [1.82, 2.24) is 24.5 Å². The van der Waals surface area contributed by atoms with Crippen LogP contribution < -0.4 is 5.32 Å². The van der Waals surface area contributed by atoms with Gasteiger partial charge in [-0.2, -0.15) is 10.1 Å². The normalized spacial score (nSPS) is 11.5. The van der Waals surface area contributed by atoms with Crippen molar-refractivity contribution >= 4 is 38.9 Å². The number of hydrogen-bond donors (Lipinski definition) is 1. The van der Waals surface area contributed by atoms with E-state index in [0.717, 1.165) is 39.6 Å². The molecule has 3 aromatic rings. The van der Waals surface area contributed by atoms with Crippen LogP contribution in [0.3, 0.4) is 0 Å². The highest BCUT2D eigenvalue weighted by molar-refractivity contribution is 14.1. The smallest absolute Gasteiger partial charge is 0.196 e. The summed E-state index contributed by atoms with van der Waals surface area (Å²) in [5, 5.41) is 9.85. The van der Waals surface area contributed by atoms with Crippen LogP contribution in [0.5, 0.6) is 0 Å². The molecule has 1 N–H and O–H groups in total. The van der Waals surface area contributed by atoms with E-state index in [1.165, 1.54) is 0 Å². The molecule has 0 radical (unpaired) electrons. The fourth-order valence-corrected chi connectivity index (χ4v) is 3.09. The molecule has 0 fully saturated rings. The van der Waals surface area contributed by atoms with Crippen molar-refractivity contribution < 1.29 is 0 Å². The number of imidazole rings is 1. The molecule has 5 nitrogen and oxygen atoms in total. The number of aromatic nitrogens is 4. The number of thiazole rings is 1.